The highest BCUT2D eigenvalue weighted by Gasteiger charge is 2.43. The van der Waals surface area contributed by atoms with Crippen LogP contribution in [0.5, 0.6) is 0 Å². The van der Waals surface area contributed by atoms with Crippen LogP contribution in [0.3, 0.4) is 0 Å². The van der Waals surface area contributed by atoms with Gasteiger partial charge in [-0.3, -0.25) is 9.59 Å². The minimum absolute atomic E-state index is 0.535. The molecule has 0 unspecified atom stereocenters. The van der Waals surface area contributed by atoms with E-state index in [0.717, 1.165) is 0 Å². The molecule has 0 aliphatic rings. The van der Waals surface area contributed by atoms with E-state index in [2.05, 4.69) is 0 Å². The van der Waals surface area contributed by atoms with Gasteiger partial charge in [-0.2, -0.15) is 8.78 Å². The van der Waals surface area contributed by atoms with E-state index in [1.165, 1.54) is 0 Å². The molecule has 0 aliphatic heterocycles. The first-order chi connectivity index (χ1) is 4.42. The van der Waals surface area contributed by atoms with Gasteiger partial charge >= 0.3 is 5.92 Å². The number of Topliss-reactive ketones (excluding diaryl/α,β-unsaturated/α-hetero) is 2. The fraction of sp³-hybridized carbons (Fsp3) is 0.600. The molecular formula is C5H5F3O2. The van der Waals surface area contributed by atoms with E-state index in [1.54, 1.807) is 0 Å². The third-order valence-electron chi connectivity index (χ3n) is 0.914. The maximum absolute atomic E-state index is 12.0. The molecule has 0 N–H and O–H groups in total. The molecule has 0 aliphatic carbocycles. The molecule has 0 fully saturated rings. The summed E-state index contributed by atoms with van der Waals surface area (Å²) < 4.78 is 35.3. The van der Waals surface area contributed by atoms with Crippen LogP contribution in [0.4, 0.5) is 13.2 Å². The molecule has 0 radical (unpaired) electrons. The third kappa shape index (κ3) is 1.55. The Morgan fingerprint density at radius 2 is 1.80 bits per heavy atom. The number of alkyl halides is 3. The molecular weight excluding hydrogens is 149 g/mol. The Bertz CT molecular complexity index is 164. The van der Waals surface area contributed by atoms with Crippen LogP contribution in [-0.4, -0.2) is 24.2 Å². The van der Waals surface area contributed by atoms with Crippen molar-refractivity contribution in [1.29, 1.82) is 0 Å². The molecule has 0 aromatic rings. The lowest BCUT2D eigenvalue weighted by Gasteiger charge is -2.06. The van der Waals surface area contributed by atoms with Crippen molar-refractivity contribution in [3.05, 3.63) is 0 Å². The van der Waals surface area contributed by atoms with E-state index in [4.69, 9.17) is 0 Å². The lowest BCUT2D eigenvalue weighted by molar-refractivity contribution is -0.155. The standard InChI is InChI=1S/C5H5F3O2/c1-3(9)5(7,8)4(10)2-6/h2H2,1H3. The van der Waals surface area contributed by atoms with Gasteiger partial charge in [0.25, 0.3) is 0 Å². The first kappa shape index (κ1) is 9.13. The van der Waals surface area contributed by atoms with Gasteiger partial charge in [0.15, 0.2) is 6.67 Å². The summed E-state index contributed by atoms with van der Waals surface area (Å²) >= 11 is 0. The Labute approximate surface area is 55.0 Å². The highest BCUT2D eigenvalue weighted by Crippen LogP contribution is 2.15. The molecule has 0 aromatic carbocycles. The SMILES string of the molecule is CC(=O)C(F)(F)C(=O)CF. The van der Waals surface area contributed by atoms with Crippen LogP contribution >= 0.6 is 0 Å². The van der Waals surface area contributed by atoms with E-state index < -0.39 is 24.2 Å². The van der Waals surface area contributed by atoms with E-state index in [1.807, 2.05) is 0 Å². The number of carbonyl (C=O) groups excluding carboxylic acids is 2. The second kappa shape index (κ2) is 2.81. The molecule has 0 bridgehead atoms. The van der Waals surface area contributed by atoms with Crippen LogP contribution in [0.1, 0.15) is 6.92 Å². The van der Waals surface area contributed by atoms with Crippen molar-refractivity contribution in [2.24, 2.45) is 0 Å². The van der Waals surface area contributed by atoms with Crippen molar-refractivity contribution in [2.75, 3.05) is 6.67 Å². The molecule has 0 atom stereocenters. The van der Waals surface area contributed by atoms with Crippen LogP contribution in [0.2, 0.25) is 0 Å². The molecule has 0 amide bonds. The van der Waals surface area contributed by atoms with Gasteiger partial charge in [0, 0.05) is 6.92 Å². The molecule has 58 valence electrons. The summed E-state index contributed by atoms with van der Waals surface area (Å²) in [5, 5.41) is 0. The van der Waals surface area contributed by atoms with Gasteiger partial charge in [-0.05, 0) is 0 Å². The van der Waals surface area contributed by atoms with Gasteiger partial charge in [0.05, 0.1) is 0 Å². The predicted molar refractivity (Wildman–Crippen MR) is 26.6 cm³/mol. The second-order valence-corrected chi connectivity index (χ2v) is 1.69. The number of hydrogen-bond donors (Lipinski definition) is 0. The Hall–Kier alpha value is -0.870. The largest absolute Gasteiger partial charge is 0.364 e. The minimum Gasteiger partial charge on any atom is -0.293 e. The third-order valence-corrected chi connectivity index (χ3v) is 0.914. The molecule has 0 spiro atoms. The van der Waals surface area contributed by atoms with Gasteiger partial charge in [-0.25, -0.2) is 4.39 Å². The number of halogens is 3. The van der Waals surface area contributed by atoms with E-state index in [0.29, 0.717) is 6.92 Å². The average Bonchev–Trinajstić information content (AvgIpc) is 1.86. The predicted octanol–water partition coefficient (Wildman–Crippen LogP) is 0.749. The van der Waals surface area contributed by atoms with Crippen molar-refractivity contribution in [2.45, 2.75) is 12.8 Å². The molecule has 5 heteroatoms. The summed E-state index contributed by atoms with van der Waals surface area (Å²) in [6.45, 7) is -1.28. The van der Waals surface area contributed by atoms with Crippen LogP contribution in [0, 0.1) is 0 Å². The van der Waals surface area contributed by atoms with Gasteiger partial charge in [-0.15, -0.1) is 0 Å². The van der Waals surface area contributed by atoms with Gasteiger partial charge in [-0.1, -0.05) is 0 Å². The molecule has 2 nitrogen and oxygen atoms in total. The highest BCUT2D eigenvalue weighted by atomic mass is 19.3. The first-order valence-corrected chi connectivity index (χ1v) is 2.41. The maximum Gasteiger partial charge on any atom is 0.364 e. The van der Waals surface area contributed by atoms with Gasteiger partial charge < -0.3 is 0 Å². The molecule has 0 aromatic heterocycles. The summed E-state index contributed by atoms with van der Waals surface area (Å²) in [5.74, 6) is -7.76. The Balaban J connectivity index is 4.40. The quantitative estimate of drug-likeness (QED) is 0.562. The minimum atomic E-state index is -4.14. The Kier molecular flexibility index (Phi) is 2.56. The number of carbonyl (C=O) groups is 2. The van der Waals surface area contributed by atoms with E-state index in [-0.39, 0.29) is 0 Å². The lowest BCUT2D eigenvalue weighted by Crippen LogP contribution is -2.37. The molecule has 0 rings (SSSR count). The zero-order chi connectivity index (χ0) is 8.36. The van der Waals surface area contributed by atoms with Crippen molar-refractivity contribution in [3.8, 4) is 0 Å². The summed E-state index contributed by atoms with van der Waals surface area (Å²) in [4.78, 5) is 19.9. The molecule has 10 heavy (non-hydrogen) atoms. The van der Waals surface area contributed by atoms with Crippen LogP contribution in [0.15, 0.2) is 0 Å². The normalized spacial score (nSPS) is 11.2. The second-order valence-electron chi connectivity index (χ2n) is 1.69. The monoisotopic (exact) mass is 154 g/mol. The summed E-state index contributed by atoms with van der Waals surface area (Å²) in [7, 11) is 0. The Morgan fingerprint density at radius 1 is 1.40 bits per heavy atom. The fourth-order valence-electron chi connectivity index (χ4n) is 0.280. The van der Waals surface area contributed by atoms with Gasteiger partial charge in [0.2, 0.25) is 11.6 Å². The van der Waals surface area contributed by atoms with Gasteiger partial charge in [0.1, 0.15) is 0 Å². The molecule has 0 heterocycles. The topological polar surface area (TPSA) is 34.1 Å². The number of hydrogen-bond acceptors (Lipinski definition) is 2. The van der Waals surface area contributed by atoms with Crippen molar-refractivity contribution in [1.82, 2.24) is 0 Å². The zero-order valence-corrected chi connectivity index (χ0v) is 5.16. The van der Waals surface area contributed by atoms with Crippen molar-refractivity contribution in [3.63, 3.8) is 0 Å². The zero-order valence-electron chi connectivity index (χ0n) is 5.16. The maximum atomic E-state index is 12.0. The van der Waals surface area contributed by atoms with Crippen LogP contribution in [-0.2, 0) is 9.59 Å². The van der Waals surface area contributed by atoms with E-state index in [9.17, 15) is 22.8 Å². The van der Waals surface area contributed by atoms with Crippen LogP contribution < -0.4 is 0 Å². The average molecular weight is 154 g/mol. The van der Waals surface area contributed by atoms with Crippen molar-refractivity contribution >= 4 is 11.6 Å². The highest BCUT2D eigenvalue weighted by molar-refractivity contribution is 6.07. The molecule has 0 saturated carbocycles. The summed E-state index contributed by atoms with van der Waals surface area (Å²) in [6.07, 6.45) is 0. The molecule has 0 saturated heterocycles. The summed E-state index contributed by atoms with van der Waals surface area (Å²) in [5.41, 5.74) is 0. The smallest absolute Gasteiger partial charge is 0.293 e. The number of rotatable bonds is 3. The van der Waals surface area contributed by atoms with Crippen LogP contribution in [0.25, 0.3) is 0 Å². The van der Waals surface area contributed by atoms with E-state index >= 15 is 0 Å². The first-order valence-electron chi connectivity index (χ1n) is 2.41. The van der Waals surface area contributed by atoms with Crippen molar-refractivity contribution < 1.29 is 22.8 Å². The number of ketones is 2. The Morgan fingerprint density at radius 3 is 1.90 bits per heavy atom. The lowest BCUT2D eigenvalue weighted by atomic mass is 10.1. The summed E-state index contributed by atoms with van der Waals surface area (Å²) in [6, 6.07) is 0. The fourth-order valence-corrected chi connectivity index (χ4v) is 0.280.